The number of nitrogens with zero attached hydrogens (tertiary/aromatic N) is 1. The van der Waals surface area contributed by atoms with E-state index in [9.17, 15) is 14.4 Å². The van der Waals surface area contributed by atoms with Gasteiger partial charge in [0, 0.05) is 29.2 Å². The summed E-state index contributed by atoms with van der Waals surface area (Å²) in [5, 5.41) is 0.522. The molecule has 1 fully saturated rings. The highest BCUT2D eigenvalue weighted by Gasteiger charge is 2.35. The van der Waals surface area contributed by atoms with Crippen LogP contribution in [-0.4, -0.2) is 24.3 Å². The van der Waals surface area contributed by atoms with E-state index in [2.05, 4.69) is 10.9 Å². The van der Waals surface area contributed by atoms with E-state index in [1.165, 1.54) is 4.90 Å². The van der Waals surface area contributed by atoms with Crippen molar-refractivity contribution in [3.8, 4) is 0 Å². The first kappa shape index (κ1) is 17.0. The lowest BCUT2D eigenvalue weighted by Gasteiger charge is -2.17. The molecule has 3 amide bonds. The third-order valence-corrected chi connectivity index (χ3v) is 4.19. The quantitative estimate of drug-likeness (QED) is 0.826. The zero-order chi connectivity index (χ0) is 17.8. The maximum absolute atomic E-state index is 12.2. The number of anilines is 1. The van der Waals surface area contributed by atoms with Crippen LogP contribution in [0.4, 0.5) is 5.69 Å². The summed E-state index contributed by atoms with van der Waals surface area (Å²) in [6.45, 7) is 0.242. The summed E-state index contributed by atoms with van der Waals surface area (Å²) >= 11 is 5.95. The summed E-state index contributed by atoms with van der Waals surface area (Å²) in [5.74, 6) is -1.51. The average molecular weight is 358 g/mol. The van der Waals surface area contributed by atoms with Gasteiger partial charge in [0.25, 0.3) is 5.91 Å². The molecule has 2 aromatic carbocycles. The average Bonchev–Trinajstić information content (AvgIpc) is 3.02. The molecule has 0 aromatic heterocycles. The number of rotatable bonds is 3. The number of carbonyl (C=O) groups is 3. The van der Waals surface area contributed by atoms with Crippen LogP contribution in [0.15, 0.2) is 54.6 Å². The molecule has 1 heterocycles. The van der Waals surface area contributed by atoms with E-state index in [1.807, 2.05) is 0 Å². The van der Waals surface area contributed by atoms with E-state index < -0.39 is 17.7 Å². The van der Waals surface area contributed by atoms with E-state index in [4.69, 9.17) is 11.6 Å². The van der Waals surface area contributed by atoms with Crippen molar-refractivity contribution in [2.45, 2.75) is 6.42 Å². The number of benzene rings is 2. The fourth-order valence-corrected chi connectivity index (χ4v) is 2.84. The van der Waals surface area contributed by atoms with Crippen LogP contribution < -0.4 is 15.8 Å². The summed E-state index contributed by atoms with van der Waals surface area (Å²) in [6.07, 6.45) is 0.0829. The zero-order valence-corrected chi connectivity index (χ0v) is 14.0. The van der Waals surface area contributed by atoms with Gasteiger partial charge in [-0.1, -0.05) is 35.9 Å². The molecule has 6 nitrogen and oxygen atoms in total. The van der Waals surface area contributed by atoms with Crippen LogP contribution in [-0.2, 0) is 9.59 Å². The van der Waals surface area contributed by atoms with Crippen LogP contribution in [0, 0.1) is 5.92 Å². The number of carbonyl (C=O) groups excluding carboxylic acids is 3. The first-order chi connectivity index (χ1) is 12.0. The fraction of sp³-hybridized carbons (Fsp3) is 0.167. The van der Waals surface area contributed by atoms with Crippen molar-refractivity contribution in [2.24, 2.45) is 5.92 Å². The van der Waals surface area contributed by atoms with Crippen molar-refractivity contribution >= 4 is 35.0 Å². The first-order valence-electron chi connectivity index (χ1n) is 7.76. The Morgan fingerprint density at radius 2 is 1.80 bits per heavy atom. The monoisotopic (exact) mass is 357 g/mol. The lowest BCUT2D eigenvalue weighted by atomic mass is 10.1. The molecule has 3 rings (SSSR count). The molecule has 1 aliphatic heterocycles. The normalized spacial score (nSPS) is 16.6. The first-order valence-corrected chi connectivity index (χ1v) is 8.13. The van der Waals surface area contributed by atoms with Gasteiger partial charge in [-0.3, -0.25) is 25.2 Å². The Labute approximate surface area is 149 Å². The van der Waals surface area contributed by atoms with Gasteiger partial charge in [-0.25, -0.2) is 0 Å². The van der Waals surface area contributed by atoms with Gasteiger partial charge < -0.3 is 4.90 Å². The van der Waals surface area contributed by atoms with E-state index in [0.29, 0.717) is 16.3 Å². The number of amides is 3. The van der Waals surface area contributed by atoms with E-state index in [-0.39, 0.29) is 18.9 Å². The van der Waals surface area contributed by atoms with Gasteiger partial charge in [-0.2, -0.15) is 0 Å². The minimum atomic E-state index is -0.539. The Morgan fingerprint density at radius 3 is 2.52 bits per heavy atom. The van der Waals surface area contributed by atoms with Gasteiger partial charge in [0.15, 0.2) is 0 Å². The highest BCUT2D eigenvalue weighted by Crippen LogP contribution is 2.27. The third-order valence-electron chi connectivity index (χ3n) is 3.95. The highest BCUT2D eigenvalue weighted by atomic mass is 35.5. The maximum Gasteiger partial charge on any atom is 0.269 e. The van der Waals surface area contributed by atoms with E-state index in [1.54, 1.807) is 54.6 Å². The molecule has 0 unspecified atom stereocenters. The van der Waals surface area contributed by atoms with Crippen molar-refractivity contribution in [3.05, 3.63) is 65.2 Å². The zero-order valence-electron chi connectivity index (χ0n) is 13.2. The topological polar surface area (TPSA) is 78.5 Å². The van der Waals surface area contributed by atoms with Crippen molar-refractivity contribution in [3.63, 3.8) is 0 Å². The van der Waals surface area contributed by atoms with Crippen LogP contribution in [0.3, 0.4) is 0 Å². The highest BCUT2D eigenvalue weighted by molar-refractivity contribution is 6.31. The summed E-state index contributed by atoms with van der Waals surface area (Å²) < 4.78 is 0. The molecule has 0 radical (unpaired) electrons. The van der Waals surface area contributed by atoms with Gasteiger partial charge in [0.1, 0.15) is 0 Å². The largest absolute Gasteiger partial charge is 0.312 e. The third kappa shape index (κ3) is 3.97. The summed E-state index contributed by atoms with van der Waals surface area (Å²) in [5.41, 5.74) is 5.84. The molecule has 1 atom stereocenters. The molecular weight excluding hydrogens is 342 g/mol. The Bertz CT molecular complexity index is 810. The Balaban J connectivity index is 1.58. The Hall–Kier alpha value is -2.86. The molecule has 0 aliphatic carbocycles. The maximum atomic E-state index is 12.2. The molecule has 0 spiro atoms. The van der Waals surface area contributed by atoms with Crippen LogP contribution in [0.25, 0.3) is 0 Å². The second-order valence-corrected chi connectivity index (χ2v) is 6.13. The van der Waals surface area contributed by atoms with Crippen LogP contribution in [0.5, 0.6) is 0 Å². The van der Waals surface area contributed by atoms with Crippen LogP contribution >= 0.6 is 11.6 Å². The van der Waals surface area contributed by atoms with Gasteiger partial charge in [-0.15, -0.1) is 0 Å². The SMILES string of the molecule is O=C(NNC(=O)[C@@H]1CC(=O)N(c2cccc(Cl)c2)C1)c1ccccc1. The molecule has 1 saturated heterocycles. The van der Waals surface area contributed by atoms with E-state index in [0.717, 1.165) is 0 Å². The van der Waals surface area contributed by atoms with E-state index >= 15 is 0 Å². The van der Waals surface area contributed by atoms with Crippen molar-refractivity contribution in [1.82, 2.24) is 10.9 Å². The predicted molar refractivity (Wildman–Crippen MR) is 94.0 cm³/mol. The lowest BCUT2D eigenvalue weighted by Crippen LogP contribution is -2.45. The molecule has 128 valence electrons. The second-order valence-electron chi connectivity index (χ2n) is 5.69. The van der Waals surface area contributed by atoms with Gasteiger partial charge in [0.2, 0.25) is 11.8 Å². The molecule has 7 heteroatoms. The number of hydrogen-bond donors (Lipinski definition) is 2. The van der Waals surface area contributed by atoms with Gasteiger partial charge in [0.05, 0.1) is 5.92 Å². The standard InChI is InChI=1S/C18H16ClN3O3/c19-14-7-4-8-15(10-14)22-11-13(9-16(22)23)18(25)21-20-17(24)12-5-2-1-3-6-12/h1-8,10,13H,9,11H2,(H,20,24)(H,21,25)/t13-/m1/s1. The number of halogens is 1. The summed E-state index contributed by atoms with van der Waals surface area (Å²) in [7, 11) is 0. The van der Waals surface area contributed by atoms with Crippen LogP contribution in [0.1, 0.15) is 16.8 Å². The number of hydrazine groups is 1. The Morgan fingerprint density at radius 1 is 1.04 bits per heavy atom. The fourth-order valence-electron chi connectivity index (χ4n) is 2.66. The van der Waals surface area contributed by atoms with Gasteiger partial charge in [-0.05, 0) is 30.3 Å². The minimum absolute atomic E-state index is 0.0829. The van der Waals surface area contributed by atoms with Gasteiger partial charge >= 0.3 is 0 Å². The summed E-state index contributed by atoms with van der Waals surface area (Å²) in [6, 6.07) is 15.4. The molecule has 1 aliphatic rings. The Kier molecular flexibility index (Phi) is 5.00. The smallest absolute Gasteiger partial charge is 0.269 e. The minimum Gasteiger partial charge on any atom is -0.312 e. The second kappa shape index (κ2) is 7.36. The van der Waals surface area contributed by atoms with Crippen molar-refractivity contribution < 1.29 is 14.4 Å². The molecule has 0 bridgehead atoms. The number of nitrogens with one attached hydrogen (secondary N) is 2. The van der Waals surface area contributed by atoms with Crippen molar-refractivity contribution in [2.75, 3.05) is 11.4 Å². The van der Waals surface area contributed by atoms with Crippen LogP contribution in [0.2, 0.25) is 5.02 Å². The van der Waals surface area contributed by atoms with Crippen molar-refractivity contribution in [1.29, 1.82) is 0 Å². The number of hydrogen-bond acceptors (Lipinski definition) is 3. The predicted octanol–water partition coefficient (Wildman–Crippen LogP) is 2.15. The molecule has 0 saturated carbocycles. The molecular formula is C18H16ClN3O3. The molecule has 2 N–H and O–H groups in total. The lowest BCUT2D eigenvalue weighted by molar-refractivity contribution is -0.126. The molecule has 2 aromatic rings. The summed E-state index contributed by atoms with van der Waals surface area (Å²) in [4.78, 5) is 37.9. The molecule has 25 heavy (non-hydrogen) atoms.